The van der Waals surface area contributed by atoms with E-state index in [0.717, 1.165) is 75.8 Å². The quantitative estimate of drug-likeness (QED) is 0.234. The molecule has 1 aliphatic carbocycles. The summed E-state index contributed by atoms with van der Waals surface area (Å²) in [4.78, 5) is 2.64. The number of nitrogens with zero attached hydrogens (tertiary/aromatic N) is 1. The van der Waals surface area contributed by atoms with Gasteiger partial charge in [0.25, 0.3) is 0 Å². The SMILES string of the molecule is CCCN(CCCCCCNCCCc1ccccc1O)[C@H]1CCc2c(ccc(O)c2O)C1. The number of phenolic OH excluding ortho intramolecular Hbond substituents is 3. The van der Waals surface area contributed by atoms with Crippen molar-refractivity contribution < 1.29 is 15.3 Å². The molecule has 0 heterocycles. The standard InChI is InChI=1S/C28H42N2O3/c1-2-19-30(24-14-15-25-23(21-24)13-16-27(32)28(25)33)20-8-4-3-7-17-29-18-9-11-22-10-5-6-12-26(22)31/h5-6,10,12-13,16,24,29,31-33H,2-4,7-9,11,14-15,17-21H2,1H3/t24-/m0/s1. The first-order valence-electron chi connectivity index (χ1n) is 12.8. The monoisotopic (exact) mass is 454 g/mol. The van der Waals surface area contributed by atoms with Crippen molar-refractivity contribution in [1.82, 2.24) is 10.2 Å². The zero-order valence-electron chi connectivity index (χ0n) is 20.2. The van der Waals surface area contributed by atoms with Crippen LogP contribution in [0.1, 0.15) is 68.6 Å². The van der Waals surface area contributed by atoms with Gasteiger partial charge in [-0.15, -0.1) is 0 Å². The van der Waals surface area contributed by atoms with Crippen molar-refractivity contribution in [2.75, 3.05) is 26.2 Å². The van der Waals surface area contributed by atoms with Crippen LogP contribution in [0.2, 0.25) is 0 Å². The van der Waals surface area contributed by atoms with Crippen molar-refractivity contribution in [1.29, 1.82) is 0 Å². The normalized spacial score (nSPS) is 15.6. The highest BCUT2D eigenvalue weighted by Gasteiger charge is 2.26. The van der Waals surface area contributed by atoms with E-state index >= 15 is 0 Å². The Hall–Kier alpha value is -2.24. The topological polar surface area (TPSA) is 76.0 Å². The second-order valence-corrected chi connectivity index (χ2v) is 9.40. The summed E-state index contributed by atoms with van der Waals surface area (Å²) in [6.45, 7) is 6.58. The summed E-state index contributed by atoms with van der Waals surface area (Å²) in [6, 6.07) is 11.7. The fourth-order valence-corrected chi connectivity index (χ4v) is 5.05. The number of aromatic hydroxyl groups is 3. The Morgan fingerprint density at radius 2 is 1.67 bits per heavy atom. The first kappa shape index (κ1) is 25.4. The molecule has 0 aromatic heterocycles. The number of para-hydroxylation sites is 1. The number of hydrogen-bond donors (Lipinski definition) is 4. The van der Waals surface area contributed by atoms with Crippen molar-refractivity contribution in [3.05, 3.63) is 53.1 Å². The van der Waals surface area contributed by atoms with Crippen LogP contribution in [-0.2, 0) is 19.3 Å². The Bertz CT molecular complexity index is 855. The van der Waals surface area contributed by atoms with E-state index in [1.807, 2.05) is 24.3 Å². The molecule has 0 fully saturated rings. The zero-order valence-corrected chi connectivity index (χ0v) is 20.2. The average Bonchev–Trinajstić information content (AvgIpc) is 2.83. The molecule has 0 radical (unpaired) electrons. The van der Waals surface area contributed by atoms with Gasteiger partial charge in [-0.25, -0.2) is 0 Å². The highest BCUT2D eigenvalue weighted by Crippen LogP contribution is 2.36. The van der Waals surface area contributed by atoms with Crippen LogP contribution in [0.15, 0.2) is 36.4 Å². The molecule has 5 nitrogen and oxygen atoms in total. The van der Waals surface area contributed by atoms with Gasteiger partial charge in [-0.2, -0.15) is 0 Å². The zero-order chi connectivity index (χ0) is 23.5. The van der Waals surface area contributed by atoms with E-state index in [4.69, 9.17) is 0 Å². The predicted molar refractivity (Wildman–Crippen MR) is 135 cm³/mol. The molecule has 182 valence electrons. The van der Waals surface area contributed by atoms with Gasteiger partial charge in [0.15, 0.2) is 11.5 Å². The summed E-state index contributed by atoms with van der Waals surface area (Å²) in [5.41, 5.74) is 3.17. The third kappa shape index (κ3) is 7.65. The highest BCUT2D eigenvalue weighted by atomic mass is 16.3. The maximum Gasteiger partial charge on any atom is 0.160 e. The maximum atomic E-state index is 10.1. The molecule has 0 bridgehead atoms. The largest absolute Gasteiger partial charge is 0.508 e. The van der Waals surface area contributed by atoms with Gasteiger partial charge in [-0.05, 0) is 101 Å². The van der Waals surface area contributed by atoms with Crippen molar-refractivity contribution in [3.8, 4) is 17.2 Å². The lowest BCUT2D eigenvalue weighted by Crippen LogP contribution is -2.40. The number of fused-ring (bicyclic) bond motifs is 1. The minimum atomic E-state index is 0.00240. The summed E-state index contributed by atoms with van der Waals surface area (Å²) >= 11 is 0. The van der Waals surface area contributed by atoms with Crippen molar-refractivity contribution >= 4 is 0 Å². The van der Waals surface area contributed by atoms with Crippen LogP contribution >= 0.6 is 0 Å². The lowest BCUT2D eigenvalue weighted by Gasteiger charge is -2.35. The second kappa shape index (κ2) is 13.5. The molecule has 1 aliphatic rings. The van der Waals surface area contributed by atoms with Crippen LogP contribution in [0.3, 0.4) is 0 Å². The molecule has 33 heavy (non-hydrogen) atoms. The third-order valence-electron chi connectivity index (χ3n) is 6.91. The molecule has 0 amide bonds. The molecule has 2 aromatic carbocycles. The third-order valence-corrected chi connectivity index (χ3v) is 6.91. The van der Waals surface area contributed by atoms with E-state index in [1.165, 1.54) is 31.2 Å². The molecule has 0 saturated heterocycles. The van der Waals surface area contributed by atoms with Gasteiger partial charge in [0.05, 0.1) is 0 Å². The van der Waals surface area contributed by atoms with E-state index in [9.17, 15) is 15.3 Å². The minimum absolute atomic E-state index is 0.00240. The van der Waals surface area contributed by atoms with Crippen LogP contribution in [0, 0.1) is 0 Å². The first-order valence-corrected chi connectivity index (χ1v) is 12.8. The van der Waals surface area contributed by atoms with E-state index < -0.39 is 0 Å². The average molecular weight is 455 g/mol. The van der Waals surface area contributed by atoms with Gasteiger partial charge in [0.2, 0.25) is 0 Å². The first-order chi connectivity index (χ1) is 16.1. The van der Waals surface area contributed by atoms with Gasteiger partial charge < -0.3 is 25.5 Å². The lowest BCUT2D eigenvalue weighted by molar-refractivity contribution is 0.175. The number of nitrogens with one attached hydrogen (secondary N) is 1. The molecule has 3 rings (SSSR count). The van der Waals surface area contributed by atoms with Crippen LogP contribution in [0.4, 0.5) is 0 Å². The molecular formula is C28H42N2O3. The van der Waals surface area contributed by atoms with Crippen LogP contribution < -0.4 is 5.32 Å². The molecule has 1 atom stereocenters. The fourth-order valence-electron chi connectivity index (χ4n) is 5.05. The van der Waals surface area contributed by atoms with Crippen LogP contribution in [0.25, 0.3) is 0 Å². The van der Waals surface area contributed by atoms with Crippen molar-refractivity contribution in [3.63, 3.8) is 0 Å². The van der Waals surface area contributed by atoms with Crippen molar-refractivity contribution in [2.45, 2.75) is 77.2 Å². The second-order valence-electron chi connectivity index (χ2n) is 9.40. The Kier molecular flexibility index (Phi) is 10.4. The molecule has 0 aliphatic heterocycles. The Morgan fingerprint density at radius 1 is 0.879 bits per heavy atom. The molecule has 4 N–H and O–H groups in total. The number of benzene rings is 2. The molecule has 5 heteroatoms. The van der Waals surface area contributed by atoms with E-state index in [-0.39, 0.29) is 11.5 Å². The van der Waals surface area contributed by atoms with Gasteiger partial charge in [0, 0.05) is 11.6 Å². The maximum absolute atomic E-state index is 10.1. The number of rotatable bonds is 14. The molecule has 0 unspecified atom stereocenters. The number of aryl methyl sites for hydroxylation is 1. The number of hydrogen-bond acceptors (Lipinski definition) is 5. The van der Waals surface area contributed by atoms with E-state index in [1.54, 1.807) is 12.1 Å². The summed E-state index contributed by atoms with van der Waals surface area (Å²) in [5.74, 6) is 0.493. The van der Waals surface area contributed by atoms with Crippen molar-refractivity contribution in [2.24, 2.45) is 0 Å². The van der Waals surface area contributed by atoms with E-state index in [0.29, 0.717) is 11.8 Å². The lowest BCUT2D eigenvalue weighted by atomic mass is 9.86. The fraction of sp³-hybridized carbons (Fsp3) is 0.571. The molecule has 2 aromatic rings. The Morgan fingerprint density at radius 3 is 2.48 bits per heavy atom. The predicted octanol–water partition coefficient (Wildman–Crippen LogP) is 5.16. The van der Waals surface area contributed by atoms with Crippen LogP contribution in [0.5, 0.6) is 17.2 Å². The number of phenols is 3. The van der Waals surface area contributed by atoms with Gasteiger partial charge in [0.1, 0.15) is 5.75 Å². The summed E-state index contributed by atoms with van der Waals surface area (Å²) in [6.07, 6.45) is 10.9. The Labute approximate surface area is 199 Å². The molecule has 0 saturated carbocycles. The summed E-state index contributed by atoms with van der Waals surface area (Å²) in [7, 11) is 0. The van der Waals surface area contributed by atoms with Gasteiger partial charge >= 0.3 is 0 Å². The minimum Gasteiger partial charge on any atom is -0.508 e. The summed E-state index contributed by atoms with van der Waals surface area (Å²) in [5, 5.41) is 33.3. The van der Waals surface area contributed by atoms with E-state index in [2.05, 4.69) is 17.1 Å². The molecular weight excluding hydrogens is 412 g/mol. The molecule has 0 spiro atoms. The van der Waals surface area contributed by atoms with Crippen LogP contribution in [-0.4, -0.2) is 52.4 Å². The Balaban J connectivity index is 1.28. The number of unbranched alkanes of at least 4 members (excludes halogenated alkanes) is 3. The van der Waals surface area contributed by atoms with Gasteiger partial charge in [-0.3, -0.25) is 0 Å². The summed E-state index contributed by atoms with van der Waals surface area (Å²) < 4.78 is 0. The smallest absolute Gasteiger partial charge is 0.160 e. The van der Waals surface area contributed by atoms with Gasteiger partial charge in [-0.1, -0.05) is 44.0 Å². The highest BCUT2D eigenvalue weighted by molar-refractivity contribution is 5.50.